The highest BCUT2D eigenvalue weighted by atomic mass is 35.5. The molecule has 0 bridgehead atoms. The molecule has 9 heteroatoms. The summed E-state index contributed by atoms with van der Waals surface area (Å²) in [5.41, 5.74) is 5.55. The Kier molecular flexibility index (Phi) is 6.97. The minimum absolute atomic E-state index is 0. The van der Waals surface area contributed by atoms with Gasteiger partial charge in [0.2, 0.25) is 10.0 Å². The quantitative estimate of drug-likeness (QED) is 0.785. The number of sulfonamides is 1. The van der Waals surface area contributed by atoms with Crippen molar-refractivity contribution in [3.8, 4) is 11.5 Å². The van der Waals surface area contributed by atoms with Crippen molar-refractivity contribution in [1.82, 2.24) is 4.72 Å². The van der Waals surface area contributed by atoms with Gasteiger partial charge < -0.3 is 15.2 Å². The largest absolute Gasteiger partial charge is 0.486 e. The Hall–Kier alpha value is -0.730. The lowest BCUT2D eigenvalue weighted by atomic mass is 9.95. The number of halogens is 2. The van der Waals surface area contributed by atoms with Crippen molar-refractivity contribution >= 4 is 34.0 Å². The second-order valence-corrected chi connectivity index (χ2v) is 7.46. The van der Waals surface area contributed by atoms with Gasteiger partial charge in [-0.05, 0) is 12.8 Å². The highest BCUT2D eigenvalue weighted by Crippen LogP contribution is 2.37. The summed E-state index contributed by atoms with van der Waals surface area (Å²) in [5.74, 6) is 0.825. The van der Waals surface area contributed by atoms with E-state index in [1.54, 1.807) is 0 Å². The molecule has 0 amide bonds. The van der Waals surface area contributed by atoms with E-state index in [1.165, 1.54) is 12.1 Å². The van der Waals surface area contributed by atoms with Gasteiger partial charge in [0.1, 0.15) is 18.1 Å². The van der Waals surface area contributed by atoms with Crippen molar-refractivity contribution in [2.24, 2.45) is 5.73 Å². The van der Waals surface area contributed by atoms with Gasteiger partial charge in [-0.25, -0.2) is 13.1 Å². The van der Waals surface area contributed by atoms with Crippen LogP contribution >= 0.6 is 24.0 Å². The smallest absolute Gasteiger partial charge is 0.242 e. The van der Waals surface area contributed by atoms with Crippen LogP contribution in [0.2, 0.25) is 5.02 Å². The third kappa shape index (κ3) is 4.64. The molecule has 6 nitrogen and oxygen atoms in total. The van der Waals surface area contributed by atoms with Crippen molar-refractivity contribution in [2.45, 2.75) is 37.1 Å². The number of ether oxygens (including phenoxy) is 2. The standard InChI is InChI=1S/C14H21ClN2O4S.ClH/c1-3-14(16,4-2)9-17-22(18,19)13-8-12-11(7-10(13)15)20-5-6-21-12;/h7-8,17H,3-6,9,16H2,1-2H3;1H. The summed E-state index contributed by atoms with van der Waals surface area (Å²) in [6, 6.07) is 2.84. The van der Waals surface area contributed by atoms with E-state index in [4.69, 9.17) is 26.8 Å². The van der Waals surface area contributed by atoms with E-state index in [-0.39, 0.29) is 28.9 Å². The normalized spacial score (nSPS) is 14.3. The zero-order valence-electron chi connectivity index (χ0n) is 13.1. The maximum atomic E-state index is 12.5. The SMILES string of the molecule is CCC(N)(CC)CNS(=O)(=O)c1cc2c(cc1Cl)OCCO2.Cl. The molecule has 23 heavy (non-hydrogen) atoms. The minimum atomic E-state index is -3.78. The molecule has 132 valence electrons. The Bertz CT molecular complexity index is 648. The van der Waals surface area contributed by atoms with Gasteiger partial charge in [0.25, 0.3) is 0 Å². The third-order valence-corrected chi connectivity index (χ3v) is 5.77. The van der Waals surface area contributed by atoms with Crippen LogP contribution in [0.25, 0.3) is 0 Å². The van der Waals surface area contributed by atoms with Gasteiger partial charge >= 0.3 is 0 Å². The monoisotopic (exact) mass is 384 g/mol. The number of rotatable bonds is 6. The highest BCUT2D eigenvalue weighted by Gasteiger charge is 2.27. The van der Waals surface area contributed by atoms with Gasteiger partial charge in [-0.1, -0.05) is 25.4 Å². The van der Waals surface area contributed by atoms with Gasteiger partial charge in [0.15, 0.2) is 11.5 Å². The van der Waals surface area contributed by atoms with Crippen LogP contribution in [0.15, 0.2) is 17.0 Å². The van der Waals surface area contributed by atoms with Gasteiger partial charge in [-0.3, -0.25) is 0 Å². The summed E-state index contributed by atoms with van der Waals surface area (Å²) in [4.78, 5) is -0.0343. The van der Waals surface area contributed by atoms with Gasteiger partial charge in [0, 0.05) is 24.2 Å². The number of fused-ring (bicyclic) bond motifs is 1. The lowest BCUT2D eigenvalue weighted by Crippen LogP contribution is -2.49. The van der Waals surface area contributed by atoms with E-state index in [0.717, 1.165) is 0 Å². The first-order valence-electron chi connectivity index (χ1n) is 7.19. The summed E-state index contributed by atoms with van der Waals surface area (Å²) < 4.78 is 38.2. The first-order chi connectivity index (χ1) is 10.3. The molecule has 0 aliphatic carbocycles. The van der Waals surface area contributed by atoms with Crippen LogP contribution in [-0.2, 0) is 10.0 Å². The second-order valence-electron chi connectivity index (χ2n) is 5.32. The molecule has 2 rings (SSSR count). The molecule has 0 atom stereocenters. The number of hydrogen-bond acceptors (Lipinski definition) is 5. The van der Waals surface area contributed by atoms with Gasteiger partial charge in [-0.2, -0.15) is 0 Å². The molecule has 0 spiro atoms. The molecule has 1 aliphatic rings. The highest BCUT2D eigenvalue weighted by molar-refractivity contribution is 7.89. The van der Waals surface area contributed by atoms with E-state index in [2.05, 4.69) is 4.72 Å². The fourth-order valence-electron chi connectivity index (χ4n) is 2.07. The van der Waals surface area contributed by atoms with Crippen molar-refractivity contribution in [1.29, 1.82) is 0 Å². The van der Waals surface area contributed by atoms with Crippen LogP contribution in [-0.4, -0.2) is 33.7 Å². The topological polar surface area (TPSA) is 90.7 Å². The number of nitrogens with one attached hydrogen (secondary N) is 1. The summed E-state index contributed by atoms with van der Waals surface area (Å²) in [5, 5.41) is 0.0902. The molecule has 1 aromatic carbocycles. The first-order valence-corrected chi connectivity index (χ1v) is 9.05. The Morgan fingerprint density at radius 2 is 1.74 bits per heavy atom. The molecular formula is C14H22Cl2N2O4S. The summed E-state index contributed by atoms with van der Waals surface area (Å²) in [7, 11) is -3.78. The second kappa shape index (κ2) is 7.90. The number of hydrogen-bond donors (Lipinski definition) is 2. The average molecular weight is 385 g/mol. The van der Waals surface area contributed by atoms with Crippen LogP contribution < -0.4 is 19.9 Å². The van der Waals surface area contributed by atoms with Gasteiger partial charge in [-0.15, -0.1) is 12.4 Å². The fraction of sp³-hybridized carbons (Fsp3) is 0.571. The van der Waals surface area contributed by atoms with E-state index < -0.39 is 15.6 Å². The Balaban J connectivity index is 0.00000264. The molecular weight excluding hydrogens is 363 g/mol. The minimum Gasteiger partial charge on any atom is -0.486 e. The Morgan fingerprint density at radius 3 is 2.26 bits per heavy atom. The predicted molar refractivity (Wildman–Crippen MR) is 92.4 cm³/mol. The van der Waals surface area contributed by atoms with E-state index in [9.17, 15) is 8.42 Å². The molecule has 3 N–H and O–H groups in total. The van der Waals surface area contributed by atoms with E-state index in [0.29, 0.717) is 37.6 Å². The molecule has 0 aromatic heterocycles. The van der Waals surface area contributed by atoms with Crippen LogP contribution in [0.3, 0.4) is 0 Å². The zero-order valence-corrected chi connectivity index (χ0v) is 15.5. The molecule has 1 aliphatic heterocycles. The van der Waals surface area contributed by atoms with Crippen LogP contribution in [0.1, 0.15) is 26.7 Å². The number of benzene rings is 1. The summed E-state index contributed by atoms with van der Waals surface area (Å²) in [6.45, 7) is 4.78. The maximum Gasteiger partial charge on any atom is 0.242 e. The zero-order chi connectivity index (χ0) is 16.4. The Morgan fingerprint density at radius 1 is 1.22 bits per heavy atom. The van der Waals surface area contributed by atoms with E-state index in [1.807, 2.05) is 13.8 Å². The predicted octanol–water partition coefficient (Wildman–Crippen LogP) is 2.33. The van der Waals surface area contributed by atoms with Crippen molar-refractivity contribution in [2.75, 3.05) is 19.8 Å². The van der Waals surface area contributed by atoms with Crippen molar-refractivity contribution in [3.63, 3.8) is 0 Å². The third-order valence-electron chi connectivity index (χ3n) is 3.91. The number of nitrogens with two attached hydrogens (primary N) is 1. The molecule has 0 saturated heterocycles. The molecule has 0 unspecified atom stereocenters. The lowest BCUT2D eigenvalue weighted by molar-refractivity contribution is 0.171. The van der Waals surface area contributed by atoms with E-state index >= 15 is 0 Å². The summed E-state index contributed by atoms with van der Waals surface area (Å²) >= 11 is 6.08. The fourth-order valence-corrected chi connectivity index (χ4v) is 3.74. The van der Waals surface area contributed by atoms with Gasteiger partial charge in [0.05, 0.1) is 5.02 Å². The molecule has 0 saturated carbocycles. The Labute approximate surface area is 148 Å². The molecule has 1 heterocycles. The molecule has 1 aromatic rings. The van der Waals surface area contributed by atoms with Crippen LogP contribution in [0, 0.1) is 0 Å². The first kappa shape index (κ1) is 20.3. The van der Waals surface area contributed by atoms with Crippen molar-refractivity contribution < 1.29 is 17.9 Å². The molecule has 0 fully saturated rings. The average Bonchev–Trinajstić information content (AvgIpc) is 2.52. The van der Waals surface area contributed by atoms with Crippen molar-refractivity contribution in [3.05, 3.63) is 17.2 Å². The molecule has 0 radical (unpaired) electrons. The summed E-state index contributed by atoms with van der Waals surface area (Å²) in [6.07, 6.45) is 1.34. The van der Waals surface area contributed by atoms with Crippen LogP contribution in [0.5, 0.6) is 11.5 Å². The van der Waals surface area contributed by atoms with Crippen LogP contribution in [0.4, 0.5) is 0 Å². The maximum absolute atomic E-state index is 12.5. The lowest BCUT2D eigenvalue weighted by Gasteiger charge is -2.27.